The smallest absolute Gasteiger partial charge is 0.148 e. The van der Waals surface area contributed by atoms with Gasteiger partial charge in [0.1, 0.15) is 17.3 Å². The van der Waals surface area contributed by atoms with Crippen LogP contribution in [0, 0.1) is 0 Å². The zero-order valence-electron chi connectivity index (χ0n) is 9.75. The predicted molar refractivity (Wildman–Crippen MR) is 65.0 cm³/mol. The molecule has 0 aliphatic heterocycles. The van der Waals surface area contributed by atoms with Gasteiger partial charge >= 0.3 is 0 Å². The molecule has 5 nitrogen and oxygen atoms in total. The number of phenolic OH excluding ortho intramolecular Hbond substituents is 2. The van der Waals surface area contributed by atoms with Crippen molar-refractivity contribution in [2.24, 2.45) is 7.05 Å². The first-order valence-corrected chi connectivity index (χ1v) is 5.34. The predicted octanol–water partition coefficient (Wildman–Crippen LogP) is 2.00. The van der Waals surface area contributed by atoms with Crippen molar-refractivity contribution in [3.8, 4) is 11.5 Å². The minimum atomic E-state index is -0.142. The van der Waals surface area contributed by atoms with Gasteiger partial charge in [-0.1, -0.05) is 0 Å². The van der Waals surface area contributed by atoms with Gasteiger partial charge in [0.2, 0.25) is 0 Å². The van der Waals surface area contributed by atoms with Crippen LogP contribution in [0.5, 0.6) is 11.5 Å². The highest BCUT2D eigenvalue weighted by atomic mass is 16.3. The van der Waals surface area contributed by atoms with Crippen molar-refractivity contribution in [3.05, 3.63) is 36.0 Å². The van der Waals surface area contributed by atoms with E-state index in [2.05, 4.69) is 10.4 Å². The van der Waals surface area contributed by atoms with Crippen LogP contribution in [0.15, 0.2) is 30.5 Å². The molecule has 5 heteroatoms. The molecule has 1 atom stereocenters. The van der Waals surface area contributed by atoms with Gasteiger partial charge in [-0.3, -0.25) is 4.68 Å². The third kappa shape index (κ3) is 2.50. The van der Waals surface area contributed by atoms with Crippen LogP contribution in [0.25, 0.3) is 0 Å². The summed E-state index contributed by atoms with van der Waals surface area (Å²) in [4.78, 5) is 0. The minimum Gasteiger partial charge on any atom is -0.508 e. The fourth-order valence-corrected chi connectivity index (χ4v) is 1.68. The van der Waals surface area contributed by atoms with Crippen LogP contribution >= 0.6 is 0 Å². The molecule has 90 valence electrons. The molecule has 0 aliphatic carbocycles. The minimum absolute atomic E-state index is 0.132. The van der Waals surface area contributed by atoms with Crippen LogP contribution in [0.1, 0.15) is 18.5 Å². The first-order valence-electron chi connectivity index (χ1n) is 5.34. The van der Waals surface area contributed by atoms with E-state index in [-0.39, 0.29) is 17.5 Å². The van der Waals surface area contributed by atoms with Gasteiger partial charge in [-0.15, -0.1) is 0 Å². The Morgan fingerprint density at radius 2 is 2.06 bits per heavy atom. The second-order valence-corrected chi connectivity index (χ2v) is 3.98. The van der Waals surface area contributed by atoms with Crippen LogP contribution in [-0.2, 0) is 7.05 Å². The van der Waals surface area contributed by atoms with Gasteiger partial charge in [0.25, 0.3) is 0 Å². The summed E-state index contributed by atoms with van der Waals surface area (Å²) < 4.78 is 1.69. The molecule has 0 saturated heterocycles. The van der Waals surface area contributed by atoms with E-state index in [1.54, 1.807) is 4.68 Å². The van der Waals surface area contributed by atoms with Crippen molar-refractivity contribution < 1.29 is 10.2 Å². The summed E-state index contributed by atoms with van der Waals surface area (Å²) >= 11 is 0. The van der Waals surface area contributed by atoms with Crippen LogP contribution in [-0.4, -0.2) is 20.0 Å². The fraction of sp³-hybridized carbons (Fsp3) is 0.250. The number of aromatic nitrogens is 2. The lowest BCUT2D eigenvalue weighted by molar-refractivity contribution is 0.451. The molecule has 0 bridgehead atoms. The summed E-state index contributed by atoms with van der Waals surface area (Å²) in [5.41, 5.74) is 0.635. The van der Waals surface area contributed by atoms with Crippen LogP contribution in [0.2, 0.25) is 0 Å². The van der Waals surface area contributed by atoms with Gasteiger partial charge in [-0.25, -0.2) is 0 Å². The molecule has 0 saturated carbocycles. The highest BCUT2D eigenvalue weighted by Gasteiger charge is 2.12. The monoisotopic (exact) mass is 233 g/mol. The van der Waals surface area contributed by atoms with E-state index in [1.165, 1.54) is 18.2 Å². The average Bonchev–Trinajstić information content (AvgIpc) is 2.67. The molecule has 1 aromatic carbocycles. The van der Waals surface area contributed by atoms with Crippen molar-refractivity contribution >= 4 is 5.82 Å². The lowest BCUT2D eigenvalue weighted by atomic mass is 10.1. The Labute approximate surface area is 99.3 Å². The van der Waals surface area contributed by atoms with Gasteiger partial charge < -0.3 is 15.5 Å². The number of benzene rings is 1. The summed E-state index contributed by atoms with van der Waals surface area (Å²) in [5, 5.41) is 26.4. The Hall–Kier alpha value is -2.17. The number of nitrogens with one attached hydrogen (secondary N) is 1. The normalized spacial score (nSPS) is 12.4. The number of aromatic hydroxyl groups is 2. The van der Waals surface area contributed by atoms with Crippen LogP contribution in [0.3, 0.4) is 0 Å². The third-order valence-corrected chi connectivity index (χ3v) is 2.56. The first kappa shape index (κ1) is 11.3. The van der Waals surface area contributed by atoms with E-state index in [0.29, 0.717) is 5.56 Å². The van der Waals surface area contributed by atoms with Crippen LogP contribution in [0.4, 0.5) is 5.82 Å². The Morgan fingerprint density at radius 3 is 2.71 bits per heavy atom. The van der Waals surface area contributed by atoms with Crippen molar-refractivity contribution in [1.29, 1.82) is 0 Å². The Bertz CT molecular complexity index is 522. The van der Waals surface area contributed by atoms with Crippen molar-refractivity contribution in [3.63, 3.8) is 0 Å². The Kier molecular flexibility index (Phi) is 2.91. The SMILES string of the molecule is CC(Nc1ccn(C)n1)c1cc(O)ccc1O. The molecular formula is C12H15N3O2. The van der Waals surface area contributed by atoms with Gasteiger partial charge in [0.15, 0.2) is 0 Å². The molecule has 1 unspecified atom stereocenters. The Balaban J connectivity index is 2.19. The summed E-state index contributed by atoms with van der Waals surface area (Å²) in [7, 11) is 1.83. The maximum Gasteiger partial charge on any atom is 0.148 e. The zero-order chi connectivity index (χ0) is 12.4. The Morgan fingerprint density at radius 1 is 1.29 bits per heavy atom. The maximum atomic E-state index is 9.71. The lowest BCUT2D eigenvalue weighted by Crippen LogP contribution is -2.07. The molecule has 3 N–H and O–H groups in total. The van der Waals surface area contributed by atoms with E-state index >= 15 is 0 Å². The average molecular weight is 233 g/mol. The van der Waals surface area contributed by atoms with E-state index in [1.807, 2.05) is 26.2 Å². The third-order valence-electron chi connectivity index (χ3n) is 2.56. The second-order valence-electron chi connectivity index (χ2n) is 3.98. The highest BCUT2D eigenvalue weighted by Crippen LogP contribution is 2.29. The summed E-state index contributed by atoms with van der Waals surface area (Å²) in [6.07, 6.45) is 1.83. The molecule has 0 amide bonds. The largest absolute Gasteiger partial charge is 0.508 e. The lowest BCUT2D eigenvalue weighted by Gasteiger charge is -2.15. The number of anilines is 1. The highest BCUT2D eigenvalue weighted by molar-refractivity contribution is 5.45. The number of hydrogen-bond donors (Lipinski definition) is 3. The number of hydrogen-bond acceptors (Lipinski definition) is 4. The molecule has 2 rings (SSSR count). The standard InChI is InChI=1S/C12H15N3O2/c1-8(13-12-5-6-15(2)14-12)10-7-9(16)3-4-11(10)17/h3-8,16-17H,1-2H3,(H,13,14). The maximum absolute atomic E-state index is 9.71. The van der Waals surface area contributed by atoms with Gasteiger partial charge in [0, 0.05) is 24.9 Å². The summed E-state index contributed by atoms with van der Waals surface area (Å²) in [5.74, 6) is 1.01. The second kappa shape index (κ2) is 4.37. The summed E-state index contributed by atoms with van der Waals surface area (Å²) in [6, 6.07) is 6.16. The number of nitrogens with zero attached hydrogens (tertiary/aromatic N) is 2. The molecule has 0 aliphatic rings. The molecule has 2 aromatic rings. The van der Waals surface area contributed by atoms with E-state index < -0.39 is 0 Å². The number of phenols is 2. The van der Waals surface area contributed by atoms with Crippen molar-refractivity contribution in [2.45, 2.75) is 13.0 Å². The van der Waals surface area contributed by atoms with Crippen molar-refractivity contribution in [1.82, 2.24) is 9.78 Å². The van der Waals surface area contributed by atoms with Gasteiger partial charge in [0.05, 0.1) is 6.04 Å². The van der Waals surface area contributed by atoms with E-state index in [4.69, 9.17) is 0 Å². The van der Waals surface area contributed by atoms with Gasteiger partial charge in [-0.2, -0.15) is 5.10 Å². The summed E-state index contributed by atoms with van der Waals surface area (Å²) in [6.45, 7) is 1.89. The zero-order valence-corrected chi connectivity index (χ0v) is 9.75. The quantitative estimate of drug-likeness (QED) is 0.709. The van der Waals surface area contributed by atoms with Crippen LogP contribution < -0.4 is 5.32 Å². The fourth-order valence-electron chi connectivity index (χ4n) is 1.68. The van der Waals surface area contributed by atoms with Crippen molar-refractivity contribution in [2.75, 3.05) is 5.32 Å². The van der Waals surface area contributed by atoms with E-state index in [9.17, 15) is 10.2 Å². The van der Waals surface area contributed by atoms with E-state index in [0.717, 1.165) is 5.82 Å². The number of aryl methyl sites for hydroxylation is 1. The molecule has 1 aromatic heterocycles. The number of rotatable bonds is 3. The molecule has 0 radical (unpaired) electrons. The molecule has 1 heterocycles. The molecule has 17 heavy (non-hydrogen) atoms. The van der Waals surface area contributed by atoms with Gasteiger partial charge in [-0.05, 0) is 25.1 Å². The molecule has 0 fully saturated rings. The topological polar surface area (TPSA) is 70.3 Å². The first-order chi connectivity index (χ1) is 8.06. The molecular weight excluding hydrogens is 218 g/mol. The molecule has 0 spiro atoms.